The first kappa shape index (κ1) is 21.2. The normalized spacial score (nSPS) is 11.9. The number of carbonyl (C=O) groups excluding carboxylic acids is 1. The van der Waals surface area contributed by atoms with Gasteiger partial charge in [0.2, 0.25) is 5.91 Å². The lowest BCUT2D eigenvalue weighted by molar-refractivity contribution is -0.120. The van der Waals surface area contributed by atoms with E-state index >= 15 is 0 Å². The molecule has 0 aliphatic heterocycles. The Kier molecular flexibility index (Phi) is 7.16. The number of methoxy groups -OCH3 is 2. The highest BCUT2D eigenvalue weighted by Gasteiger charge is 2.20. The van der Waals surface area contributed by atoms with Crippen LogP contribution in [0.3, 0.4) is 0 Å². The minimum Gasteiger partial charge on any atom is -0.493 e. The monoisotopic (exact) mass is 432 g/mol. The molecule has 0 saturated carbocycles. The van der Waals surface area contributed by atoms with E-state index < -0.39 is 0 Å². The molecule has 1 atom stereocenters. The number of hydrogen-bond acceptors (Lipinski definition) is 7. The number of amides is 1. The fraction of sp³-hybridized carbons (Fsp3) is 0.350. The zero-order chi connectivity index (χ0) is 20.8. The van der Waals surface area contributed by atoms with Crippen molar-refractivity contribution in [2.24, 2.45) is 0 Å². The summed E-state index contributed by atoms with van der Waals surface area (Å²) in [6, 6.07) is 9.60. The van der Waals surface area contributed by atoms with Gasteiger partial charge in [-0.3, -0.25) is 4.79 Å². The second-order valence-corrected chi connectivity index (χ2v) is 8.45. The summed E-state index contributed by atoms with van der Waals surface area (Å²) in [5.74, 6) is 2.07. The molecule has 0 aliphatic carbocycles. The maximum Gasteiger partial charge on any atom is 0.233 e. The van der Waals surface area contributed by atoms with Crippen molar-refractivity contribution in [1.29, 1.82) is 0 Å². The number of ether oxygens (including phenoxy) is 2. The minimum atomic E-state index is -0.305. The molecule has 3 rings (SSSR count). The highest BCUT2D eigenvalue weighted by atomic mass is 32.2. The molecule has 29 heavy (non-hydrogen) atoms. The van der Waals surface area contributed by atoms with Gasteiger partial charge in [-0.1, -0.05) is 23.9 Å². The lowest BCUT2D eigenvalue weighted by Crippen LogP contribution is -2.30. The fourth-order valence-electron chi connectivity index (χ4n) is 2.78. The molecular weight excluding hydrogens is 408 g/mol. The minimum absolute atomic E-state index is 0.0619. The molecule has 1 aromatic carbocycles. The third-order valence-electron chi connectivity index (χ3n) is 4.34. The molecule has 2 heterocycles. The average molecular weight is 433 g/mol. The first-order chi connectivity index (χ1) is 14.1. The van der Waals surface area contributed by atoms with Gasteiger partial charge in [-0.2, -0.15) is 0 Å². The zero-order valence-electron chi connectivity index (χ0n) is 16.8. The van der Waals surface area contributed by atoms with Crippen LogP contribution in [0, 0.1) is 0 Å². The molecule has 0 bridgehead atoms. The lowest BCUT2D eigenvalue weighted by Gasteiger charge is -2.13. The summed E-state index contributed by atoms with van der Waals surface area (Å²) < 4.78 is 12.6. The predicted molar refractivity (Wildman–Crippen MR) is 116 cm³/mol. The molecule has 1 amide bonds. The van der Waals surface area contributed by atoms with Crippen LogP contribution >= 0.6 is 23.1 Å². The second kappa shape index (κ2) is 9.80. The highest BCUT2D eigenvalue weighted by Crippen LogP contribution is 2.30. The van der Waals surface area contributed by atoms with Gasteiger partial charge in [-0.25, -0.2) is 0 Å². The van der Waals surface area contributed by atoms with E-state index in [9.17, 15) is 4.79 Å². The van der Waals surface area contributed by atoms with Crippen molar-refractivity contribution in [3.8, 4) is 22.2 Å². The van der Waals surface area contributed by atoms with Gasteiger partial charge in [-0.05, 0) is 43.0 Å². The van der Waals surface area contributed by atoms with Gasteiger partial charge in [0, 0.05) is 13.1 Å². The molecule has 0 fully saturated rings. The third-order valence-corrected chi connectivity index (χ3v) is 6.29. The van der Waals surface area contributed by atoms with Crippen molar-refractivity contribution in [2.75, 3.05) is 14.2 Å². The summed E-state index contributed by atoms with van der Waals surface area (Å²) in [6.45, 7) is 5.06. The summed E-state index contributed by atoms with van der Waals surface area (Å²) in [4.78, 5) is 13.7. The molecule has 3 aromatic rings. The topological polar surface area (TPSA) is 78.3 Å². The highest BCUT2D eigenvalue weighted by molar-refractivity contribution is 8.00. The molecule has 1 unspecified atom stereocenters. The Morgan fingerprint density at radius 3 is 2.69 bits per heavy atom. The first-order valence-corrected chi connectivity index (χ1v) is 11.0. The van der Waals surface area contributed by atoms with Gasteiger partial charge in [0.1, 0.15) is 0 Å². The average Bonchev–Trinajstić information content (AvgIpc) is 3.41. The molecule has 0 radical (unpaired) electrons. The van der Waals surface area contributed by atoms with Gasteiger partial charge in [0.05, 0.1) is 24.3 Å². The van der Waals surface area contributed by atoms with E-state index in [4.69, 9.17) is 9.47 Å². The summed E-state index contributed by atoms with van der Waals surface area (Å²) >= 11 is 3.03. The quantitative estimate of drug-likeness (QED) is 0.518. The van der Waals surface area contributed by atoms with Crippen LogP contribution in [0.4, 0.5) is 0 Å². The van der Waals surface area contributed by atoms with E-state index in [2.05, 4.69) is 15.5 Å². The molecular formula is C20H24N4O3S2. The summed E-state index contributed by atoms with van der Waals surface area (Å²) in [5.41, 5.74) is 0.935. The lowest BCUT2D eigenvalue weighted by atomic mass is 10.2. The van der Waals surface area contributed by atoms with Gasteiger partial charge in [0.25, 0.3) is 0 Å². The van der Waals surface area contributed by atoms with E-state index in [0.29, 0.717) is 18.0 Å². The zero-order valence-corrected chi connectivity index (χ0v) is 18.5. The van der Waals surface area contributed by atoms with E-state index in [0.717, 1.165) is 28.0 Å². The van der Waals surface area contributed by atoms with Crippen LogP contribution in [0.2, 0.25) is 0 Å². The maximum absolute atomic E-state index is 12.6. The Balaban J connectivity index is 1.63. The standard InChI is InChI=1S/C20H24N4O3S2/c1-5-24-18(17-7-6-10-28-17)22-23-20(24)29-13(2)19(25)21-12-14-8-9-15(26-3)16(11-14)27-4/h6-11,13H,5,12H2,1-4H3,(H,21,25). The first-order valence-electron chi connectivity index (χ1n) is 9.19. The number of aromatic nitrogens is 3. The number of hydrogen-bond donors (Lipinski definition) is 1. The largest absolute Gasteiger partial charge is 0.493 e. The van der Waals surface area contributed by atoms with Crippen LogP contribution in [0.15, 0.2) is 40.9 Å². The van der Waals surface area contributed by atoms with Gasteiger partial charge in [0.15, 0.2) is 22.5 Å². The van der Waals surface area contributed by atoms with E-state index in [1.165, 1.54) is 11.8 Å². The van der Waals surface area contributed by atoms with E-state index in [1.54, 1.807) is 25.6 Å². The van der Waals surface area contributed by atoms with Crippen molar-refractivity contribution >= 4 is 29.0 Å². The van der Waals surface area contributed by atoms with Crippen LogP contribution in [-0.2, 0) is 17.9 Å². The van der Waals surface area contributed by atoms with Crippen molar-refractivity contribution in [3.05, 3.63) is 41.3 Å². The summed E-state index contributed by atoms with van der Waals surface area (Å²) in [6.07, 6.45) is 0. The second-order valence-electron chi connectivity index (χ2n) is 6.19. The van der Waals surface area contributed by atoms with Crippen molar-refractivity contribution in [2.45, 2.75) is 37.3 Å². The Hall–Kier alpha value is -2.52. The number of rotatable bonds is 9. The molecule has 154 valence electrons. The number of thioether (sulfide) groups is 1. The summed E-state index contributed by atoms with van der Waals surface area (Å²) in [5, 5.41) is 14.0. The molecule has 2 aromatic heterocycles. The van der Waals surface area contributed by atoms with Gasteiger partial charge in [-0.15, -0.1) is 21.5 Å². The SMILES string of the molecule is CCn1c(SC(C)C(=O)NCc2ccc(OC)c(OC)c2)nnc1-c1cccs1. The number of nitrogens with zero attached hydrogens (tertiary/aromatic N) is 3. The van der Waals surface area contributed by atoms with E-state index in [-0.39, 0.29) is 11.2 Å². The number of carbonyl (C=O) groups is 1. The number of nitrogens with one attached hydrogen (secondary N) is 1. The summed E-state index contributed by atoms with van der Waals surface area (Å²) in [7, 11) is 3.18. The molecule has 7 nitrogen and oxygen atoms in total. The van der Waals surface area contributed by atoms with Crippen LogP contribution < -0.4 is 14.8 Å². The Morgan fingerprint density at radius 1 is 1.24 bits per heavy atom. The molecule has 0 spiro atoms. The Labute approximate surface area is 178 Å². The smallest absolute Gasteiger partial charge is 0.233 e. The molecule has 1 N–H and O–H groups in total. The fourth-order valence-corrected chi connectivity index (χ4v) is 4.44. The maximum atomic E-state index is 12.6. The Bertz CT molecular complexity index is 957. The van der Waals surface area contributed by atoms with Crippen molar-refractivity contribution in [3.63, 3.8) is 0 Å². The third kappa shape index (κ3) is 4.91. The van der Waals surface area contributed by atoms with Crippen molar-refractivity contribution in [1.82, 2.24) is 20.1 Å². The van der Waals surface area contributed by atoms with Gasteiger partial charge < -0.3 is 19.4 Å². The molecule has 0 aliphatic rings. The predicted octanol–water partition coefficient (Wildman–Crippen LogP) is 3.84. The van der Waals surface area contributed by atoms with E-state index in [1.807, 2.05) is 54.1 Å². The van der Waals surface area contributed by atoms with Gasteiger partial charge >= 0.3 is 0 Å². The number of thiophene rings is 1. The Morgan fingerprint density at radius 2 is 2.03 bits per heavy atom. The van der Waals surface area contributed by atoms with Crippen LogP contribution in [0.5, 0.6) is 11.5 Å². The molecule has 0 saturated heterocycles. The van der Waals surface area contributed by atoms with Crippen LogP contribution in [0.1, 0.15) is 19.4 Å². The van der Waals surface area contributed by atoms with Crippen molar-refractivity contribution < 1.29 is 14.3 Å². The molecule has 9 heteroatoms. The number of benzene rings is 1. The van der Waals surface area contributed by atoms with Crippen LogP contribution in [0.25, 0.3) is 10.7 Å². The van der Waals surface area contributed by atoms with Crippen LogP contribution in [-0.4, -0.2) is 40.1 Å².